The van der Waals surface area contributed by atoms with Crippen LogP contribution in [0.3, 0.4) is 0 Å². The van der Waals surface area contributed by atoms with Crippen LogP contribution in [-0.4, -0.2) is 14.4 Å². The molecule has 0 fully saturated rings. The van der Waals surface area contributed by atoms with Gasteiger partial charge in [-0.3, -0.25) is 0 Å². The molecule has 0 amide bonds. The molecule has 3 aromatic rings. The van der Waals surface area contributed by atoms with Crippen molar-refractivity contribution in [2.75, 3.05) is 0 Å². The lowest BCUT2D eigenvalue weighted by molar-refractivity contribution is -0.138. The molecule has 6 nitrogen and oxygen atoms in total. The Bertz CT molecular complexity index is 1070. The van der Waals surface area contributed by atoms with Crippen LogP contribution >= 0.6 is 11.6 Å². The van der Waals surface area contributed by atoms with Crippen LogP contribution in [0.1, 0.15) is 16.9 Å². The van der Waals surface area contributed by atoms with Crippen molar-refractivity contribution < 1.29 is 22.4 Å². The first-order valence-corrected chi connectivity index (χ1v) is 10.5. The van der Waals surface area contributed by atoms with Crippen molar-refractivity contribution in [1.82, 2.24) is 4.72 Å². The van der Waals surface area contributed by atoms with Crippen LogP contribution in [0.15, 0.2) is 82.3 Å². The van der Waals surface area contributed by atoms with Crippen LogP contribution in [0.4, 0.5) is 0 Å². The number of rotatable bonds is 8. The molecule has 0 aliphatic rings. The van der Waals surface area contributed by atoms with E-state index in [1.54, 1.807) is 54.6 Å². The summed E-state index contributed by atoms with van der Waals surface area (Å²) in [6.07, 6.45) is 4.32. The van der Waals surface area contributed by atoms with Crippen LogP contribution in [0.5, 0.6) is 0 Å². The number of nitrogens with one attached hydrogen (secondary N) is 1. The zero-order chi connectivity index (χ0) is 20.7. The molecule has 8 heteroatoms. The lowest BCUT2D eigenvalue weighted by Gasteiger charge is -2.06. The number of halogens is 1. The maximum atomic E-state index is 12.3. The Balaban J connectivity index is 1.53. The molecular weight excluding hydrogens is 414 g/mol. The van der Waals surface area contributed by atoms with Crippen molar-refractivity contribution in [2.45, 2.75) is 18.0 Å². The summed E-state index contributed by atoms with van der Waals surface area (Å²) in [4.78, 5) is 11.9. The van der Waals surface area contributed by atoms with Crippen LogP contribution < -0.4 is 4.72 Å². The van der Waals surface area contributed by atoms with Gasteiger partial charge in [-0.1, -0.05) is 35.9 Å². The van der Waals surface area contributed by atoms with Crippen molar-refractivity contribution in [3.05, 3.63) is 94.9 Å². The Kier molecular flexibility index (Phi) is 6.87. The van der Waals surface area contributed by atoms with Gasteiger partial charge in [0.05, 0.1) is 17.7 Å². The lowest BCUT2D eigenvalue weighted by atomic mass is 10.2. The smallest absolute Gasteiger partial charge is 0.331 e. The minimum atomic E-state index is -3.66. The molecule has 150 valence electrons. The molecule has 0 spiro atoms. The molecule has 1 aromatic heterocycles. The highest BCUT2D eigenvalue weighted by Crippen LogP contribution is 2.13. The molecule has 29 heavy (non-hydrogen) atoms. The molecule has 1 heterocycles. The van der Waals surface area contributed by atoms with Crippen LogP contribution in [-0.2, 0) is 32.7 Å². The van der Waals surface area contributed by atoms with E-state index in [0.717, 1.165) is 5.56 Å². The number of carbonyl (C=O) groups is 1. The number of esters is 1. The quantitative estimate of drug-likeness (QED) is 0.427. The number of hydrogen-bond acceptors (Lipinski definition) is 5. The van der Waals surface area contributed by atoms with E-state index in [0.29, 0.717) is 16.3 Å². The summed E-state index contributed by atoms with van der Waals surface area (Å²) in [5.41, 5.74) is 1.49. The zero-order valence-electron chi connectivity index (χ0n) is 15.2. The molecule has 0 unspecified atom stereocenters. The van der Waals surface area contributed by atoms with Gasteiger partial charge in [-0.05, 0) is 53.6 Å². The Morgan fingerprint density at radius 2 is 1.79 bits per heavy atom. The maximum absolute atomic E-state index is 12.3. The summed E-state index contributed by atoms with van der Waals surface area (Å²) >= 11 is 5.81. The topological polar surface area (TPSA) is 85.6 Å². The van der Waals surface area contributed by atoms with E-state index in [-0.39, 0.29) is 18.0 Å². The number of benzene rings is 2. The van der Waals surface area contributed by atoms with E-state index in [9.17, 15) is 13.2 Å². The first-order valence-electron chi connectivity index (χ1n) is 8.64. The number of sulfonamides is 1. The predicted molar refractivity (Wildman–Crippen MR) is 109 cm³/mol. The number of hydrogen-bond donors (Lipinski definition) is 1. The molecule has 2 aromatic carbocycles. The summed E-state index contributed by atoms with van der Waals surface area (Å²) in [6, 6.07) is 16.5. The summed E-state index contributed by atoms with van der Waals surface area (Å²) in [5.74, 6) is 0.0157. The van der Waals surface area contributed by atoms with E-state index in [1.807, 2.05) is 0 Å². The van der Waals surface area contributed by atoms with Crippen molar-refractivity contribution in [3.8, 4) is 0 Å². The van der Waals surface area contributed by atoms with Crippen molar-refractivity contribution in [1.29, 1.82) is 0 Å². The average molecular weight is 432 g/mol. The second kappa shape index (κ2) is 9.56. The Morgan fingerprint density at radius 1 is 1.07 bits per heavy atom. The van der Waals surface area contributed by atoms with Gasteiger partial charge in [0.25, 0.3) is 0 Å². The third-order valence-electron chi connectivity index (χ3n) is 3.91. The molecule has 0 saturated heterocycles. The monoisotopic (exact) mass is 431 g/mol. The first-order chi connectivity index (χ1) is 13.9. The van der Waals surface area contributed by atoms with E-state index < -0.39 is 16.0 Å². The van der Waals surface area contributed by atoms with Gasteiger partial charge in [-0.2, -0.15) is 0 Å². The van der Waals surface area contributed by atoms with Crippen LogP contribution in [0.25, 0.3) is 6.08 Å². The minimum absolute atomic E-state index is 0.0659. The Labute approximate surface area is 173 Å². The molecule has 0 aliphatic carbocycles. The fraction of sp³-hybridized carbons (Fsp3) is 0.0952. The number of carbonyl (C=O) groups excluding carboxylic acids is 1. The van der Waals surface area contributed by atoms with Crippen molar-refractivity contribution in [3.63, 3.8) is 0 Å². The minimum Gasteiger partial charge on any atom is -0.468 e. The normalized spacial score (nSPS) is 11.6. The molecule has 3 rings (SSSR count). The summed E-state index contributed by atoms with van der Waals surface area (Å²) in [6.45, 7) is 0.204. The van der Waals surface area contributed by atoms with E-state index in [4.69, 9.17) is 20.8 Å². The standard InChI is InChI=1S/C21H18ClNO5S/c22-18-8-3-17(4-9-18)15-28-21(24)12-7-16-5-10-20(11-6-16)29(25,26)23-14-19-2-1-13-27-19/h1-13,23H,14-15H2. The van der Waals surface area contributed by atoms with Gasteiger partial charge in [0.1, 0.15) is 12.4 Å². The lowest BCUT2D eigenvalue weighted by Crippen LogP contribution is -2.22. The molecule has 0 radical (unpaired) electrons. The van der Waals surface area contributed by atoms with Gasteiger partial charge in [-0.15, -0.1) is 0 Å². The van der Waals surface area contributed by atoms with Crippen LogP contribution in [0.2, 0.25) is 5.02 Å². The third kappa shape index (κ3) is 6.32. The number of ether oxygens (including phenoxy) is 1. The van der Waals surface area contributed by atoms with Gasteiger partial charge < -0.3 is 9.15 Å². The van der Waals surface area contributed by atoms with Crippen LogP contribution in [0, 0.1) is 0 Å². The highest BCUT2D eigenvalue weighted by molar-refractivity contribution is 7.89. The summed E-state index contributed by atoms with van der Waals surface area (Å²) < 4.78 is 37.3. The Morgan fingerprint density at radius 3 is 2.45 bits per heavy atom. The predicted octanol–water partition coefficient (Wildman–Crippen LogP) is 4.17. The van der Waals surface area contributed by atoms with Gasteiger partial charge in [-0.25, -0.2) is 17.9 Å². The van der Waals surface area contributed by atoms with Gasteiger partial charge in [0.15, 0.2) is 0 Å². The fourth-order valence-corrected chi connectivity index (χ4v) is 3.49. The maximum Gasteiger partial charge on any atom is 0.331 e. The summed E-state index contributed by atoms with van der Waals surface area (Å²) in [7, 11) is -3.66. The van der Waals surface area contributed by atoms with Crippen molar-refractivity contribution >= 4 is 33.7 Å². The molecule has 0 saturated carbocycles. The molecule has 0 atom stereocenters. The Hall–Kier alpha value is -2.87. The summed E-state index contributed by atoms with van der Waals surface area (Å²) in [5, 5.41) is 0.613. The zero-order valence-corrected chi connectivity index (χ0v) is 16.8. The molecule has 1 N–H and O–H groups in total. The highest BCUT2D eigenvalue weighted by atomic mass is 35.5. The largest absolute Gasteiger partial charge is 0.468 e. The van der Waals surface area contributed by atoms with Gasteiger partial charge in [0, 0.05) is 11.1 Å². The van der Waals surface area contributed by atoms with E-state index in [1.165, 1.54) is 24.5 Å². The average Bonchev–Trinajstić information content (AvgIpc) is 3.24. The second-order valence-corrected chi connectivity index (χ2v) is 8.24. The first kappa shape index (κ1) is 20.9. The highest BCUT2D eigenvalue weighted by Gasteiger charge is 2.14. The fourth-order valence-electron chi connectivity index (χ4n) is 2.37. The number of furan rings is 1. The SMILES string of the molecule is O=C(C=Cc1ccc(S(=O)(=O)NCc2ccco2)cc1)OCc1ccc(Cl)cc1. The van der Waals surface area contributed by atoms with E-state index >= 15 is 0 Å². The van der Waals surface area contributed by atoms with E-state index in [2.05, 4.69) is 4.72 Å². The van der Waals surface area contributed by atoms with Crippen molar-refractivity contribution in [2.24, 2.45) is 0 Å². The van der Waals surface area contributed by atoms with Gasteiger partial charge >= 0.3 is 5.97 Å². The molecule has 0 aliphatic heterocycles. The molecule has 0 bridgehead atoms. The third-order valence-corrected chi connectivity index (χ3v) is 5.58. The molecular formula is C21H18ClNO5S. The van der Waals surface area contributed by atoms with Gasteiger partial charge in [0.2, 0.25) is 10.0 Å². The second-order valence-electron chi connectivity index (χ2n) is 6.04.